The Bertz CT molecular complexity index is 717. The fourth-order valence-corrected chi connectivity index (χ4v) is 2.59. The van der Waals surface area contributed by atoms with Crippen molar-refractivity contribution in [2.45, 2.75) is 13.0 Å². The number of carbonyl (C=O) groups is 1. The number of hydrogen-bond donors (Lipinski definition) is 4. The summed E-state index contributed by atoms with van der Waals surface area (Å²) in [6, 6.07) is 6.73. The maximum atomic E-state index is 11.7. The van der Waals surface area contributed by atoms with Crippen LogP contribution in [0.15, 0.2) is 35.5 Å². The number of aliphatic imine (C=N–C) groups is 1. The molecule has 1 unspecified atom stereocenters. The third kappa shape index (κ3) is 5.14. The Morgan fingerprint density at radius 2 is 2.21 bits per heavy atom. The first-order valence-electron chi connectivity index (χ1n) is 7.26. The second-order valence-corrected chi connectivity index (χ2v) is 5.87. The van der Waals surface area contributed by atoms with E-state index in [1.165, 1.54) is 6.20 Å². The van der Waals surface area contributed by atoms with Crippen LogP contribution in [0.1, 0.15) is 29.0 Å². The molecule has 1 aromatic carbocycles. The van der Waals surface area contributed by atoms with Crippen molar-refractivity contribution in [3.63, 3.8) is 0 Å². The number of aromatic amines is 1. The van der Waals surface area contributed by atoms with Crippen LogP contribution in [0.3, 0.4) is 0 Å². The number of nitrogens with two attached hydrogens (primary N) is 1. The van der Waals surface area contributed by atoms with Gasteiger partial charge in [-0.2, -0.15) is 5.10 Å². The molecular formula is C15H18Cl2N6O. The van der Waals surface area contributed by atoms with E-state index in [9.17, 15) is 4.79 Å². The van der Waals surface area contributed by atoms with Gasteiger partial charge in [-0.25, -0.2) is 0 Å². The monoisotopic (exact) mass is 368 g/mol. The molecule has 0 aliphatic carbocycles. The first-order chi connectivity index (χ1) is 11.5. The minimum Gasteiger partial charge on any atom is -0.370 e. The van der Waals surface area contributed by atoms with Crippen molar-refractivity contribution in [3.05, 3.63) is 51.8 Å². The molecule has 0 aliphatic rings. The Hall–Kier alpha value is -2.25. The van der Waals surface area contributed by atoms with E-state index >= 15 is 0 Å². The molecule has 0 radical (unpaired) electrons. The topological polar surface area (TPSA) is 108 Å². The summed E-state index contributed by atoms with van der Waals surface area (Å²) < 4.78 is 0. The number of nitrogens with one attached hydrogen (secondary N) is 3. The van der Waals surface area contributed by atoms with Gasteiger partial charge >= 0.3 is 0 Å². The zero-order valence-corrected chi connectivity index (χ0v) is 14.5. The van der Waals surface area contributed by atoms with Gasteiger partial charge in [0.2, 0.25) is 0 Å². The van der Waals surface area contributed by atoms with Gasteiger partial charge in [-0.1, -0.05) is 29.3 Å². The van der Waals surface area contributed by atoms with Crippen LogP contribution >= 0.6 is 23.2 Å². The minimum absolute atomic E-state index is 0.127. The van der Waals surface area contributed by atoms with Crippen molar-refractivity contribution >= 4 is 35.1 Å². The molecule has 2 aromatic rings. The van der Waals surface area contributed by atoms with Crippen LogP contribution in [-0.4, -0.2) is 35.2 Å². The Morgan fingerprint density at radius 3 is 2.88 bits per heavy atom. The quantitative estimate of drug-likeness (QED) is 0.355. The number of rotatable bonds is 6. The molecule has 5 N–H and O–H groups in total. The molecular weight excluding hydrogens is 351 g/mol. The van der Waals surface area contributed by atoms with E-state index in [1.807, 2.05) is 13.0 Å². The van der Waals surface area contributed by atoms with Crippen molar-refractivity contribution in [2.75, 3.05) is 13.1 Å². The Balaban J connectivity index is 1.80. The summed E-state index contributed by atoms with van der Waals surface area (Å²) >= 11 is 12.0. The molecule has 24 heavy (non-hydrogen) atoms. The van der Waals surface area contributed by atoms with Crippen molar-refractivity contribution in [3.8, 4) is 0 Å². The van der Waals surface area contributed by atoms with Gasteiger partial charge in [-0.3, -0.25) is 14.9 Å². The molecule has 0 saturated carbocycles. The summed E-state index contributed by atoms with van der Waals surface area (Å²) in [6.07, 6.45) is 1.51. The van der Waals surface area contributed by atoms with E-state index in [0.717, 1.165) is 5.56 Å². The second kappa shape index (κ2) is 8.56. The van der Waals surface area contributed by atoms with Gasteiger partial charge in [0.15, 0.2) is 5.96 Å². The summed E-state index contributed by atoms with van der Waals surface area (Å²) in [5.74, 6) is 0.0276. The summed E-state index contributed by atoms with van der Waals surface area (Å²) in [5, 5.41) is 13.2. The van der Waals surface area contributed by atoms with Crippen molar-refractivity contribution in [1.29, 1.82) is 0 Å². The minimum atomic E-state index is -0.240. The zero-order chi connectivity index (χ0) is 17.5. The summed E-state index contributed by atoms with van der Waals surface area (Å²) in [5.41, 5.74) is 7.11. The number of benzene rings is 1. The highest BCUT2D eigenvalue weighted by molar-refractivity contribution is 6.35. The van der Waals surface area contributed by atoms with E-state index in [-0.39, 0.29) is 17.9 Å². The molecule has 0 spiro atoms. The maximum Gasteiger partial charge on any atom is 0.269 e. The zero-order valence-electron chi connectivity index (χ0n) is 13.0. The van der Waals surface area contributed by atoms with Gasteiger partial charge in [0, 0.05) is 22.8 Å². The number of halogens is 2. The predicted octanol–water partition coefficient (Wildman–Crippen LogP) is 2.11. The first-order valence-corrected chi connectivity index (χ1v) is 8.02. The normalized spacial score (nSPS) is 12.7. The number of aromatic nitrogens is 2. The van der Waals surface area contributed by atoms with Crippen LogP contribution < -0.4 is 16.4 Å². The third-order valence-corrected chi connectivity index (χ3v) is 3.78. The summed E-state index contributed by atoms with van der Waals surface area (Å²) in [7, 11) is 0. The largest absolute Gasteiger partial charge is 0.370 e. The lowest BCUT2D eigenvalue weighted by Gasteiger charge is -2.16. The maximum absolute atomic E-state index is 11.7. The molecule has 1 heterocycles. The average molecular weight is 369 g/mol. The van der Waals surface area contributed by atoms with Gasteiger partial charge in [0.25, 0.3) is 5.91 Å². The predicted molar refractivity (Wildman–Crippen MR) is 95.4 cm³/mol. The lowest BCUT2D eigenvalue weighted by molar-refractivity contribution is 0.0950. The fourth-order valence-electron chi connectivity index (χ4n) is 2.02. The first kappa shape index (κ1) is 18.1. The van der Waals surface area contributed by atoms with Crippen LogP contribution in [-0.2, 0) is 0 Å². The lowest BCUT2D eigenvalue weighted by Crippen LogP contribution is -2.35. The number of hydrogen-bond acceptors (Lipinski definition) is 3. The number of carbonyl (C=O) groups excluding carboxylic acids is 1. The van der Waals surface area contributed by atoms with E-state index in [4.69, 9.17) is 28.9 Å². The highest BCUT2D eigenvalue weighted by atomic mass is 35.5. The highest BCUT2D eigenvalue weighted by Crippen LogP contribution is 2.25. The summed E-state index contributed by atoms with van der Waals surface area (Å²) in [6.45, 7) is 2.62. The molecule has 9 heteroatoms. The molecule has 0 bridgehead atoms. The molecule has 128 valence electrons. The summed E-state index contributed by atoms with van der Waals surface area (Å²) in [4.78, 5) is 15.8. The van der Waals surface area contributed by atoms with E-state index < -0.39 is 0 Å². The van der Waals surface area contributed by atoms with Gasteiger partial charge in [-0.15, -0.1) is 0 Å². The standard InChI is InChI=1S/C15H18Cl2N6O/c1-9(11-3-2-10(16)8-12(11)17)22-15(18)20-7-6-19-14(24)13-4-5-21-23-13/h2-5,8-9H,6-7H2,1H3,(H,19,24)(H,21,23)(H3,18,20,22). The van der Waals surface area contributed by atoms with Crippen molar-refractivity contribution in [1.82, 2.24) is 20.8 Å². The number of amides is 1. The fraction of sp³-hybridized carbons (Fsp3) is 0.267. The van der Waals surface area contributed by atoms with Crippen molar-refractivity contribution < 1.29 is 4.79 Å². The van der Waals surface area contributed by atoms with Crippen LogP contribution in [0.4, 0.5) is 0 Å². The van der Waals surface area contributed by atoms with E-state index in [2.05, 4.69) is 25.8 Å². The van der Waals surface area contributed by atoms with Gasteiger partial charge < -0.3 is 16.4 Å². The Kier molecular flexibility index (Phi) is 6.45. The van der Waals surface area contributed by atoms with Crippen molar-refractivity contribution in [2.24, 2.45) is 10.7 Å². The third-order valence-electron chi connectivity index (χ3n) is 3.22. The van der Waals surface area contributed by atoms with Gasteiger partial charge in [-0.05, 0) is 30.7 Å². The van der Waals surface area contributed by atoms with Crippen LogP contribution in [0.25, 0.3) is 0 Å². The molecule has 0 saturated heterocycles. The van der Waals surface area contributed by atoms with Crippen LogP contribution in [0.5, 0.6) is 0 Å². The van der Waals surface area contributed by atoms with Crippen LogP contribution in [0, 0.1) is 0 Å². The lowest BCUT2D eigenvalue weighted by atomic mass is 10.1. The molecule has 1 amide bonds. The number of guanidine groups is 1. The second-order valence-electron chi connectivity index (χ2n) is 5.03. The molecule has 0 fully saturated rings. The number of H-pyrrole nitrogens is 1. The number of nitrogens with zero attached hydrogens (tertiary/aromatic N) is 2. The van der Waals surface area contributed by atoms with Gasteiger partial charge in [0.05, 0.1) is 12.6 Å². The van der Waals surface area contributed by atoms with Gasteiger partial charge in [0.1, 0.15) is 5.69 Å². The molecule has 0 aliphatic heterocycles. The molecule has 1 aromatic heterocycles. The SMILES string of the molecule is CC(NC(N)=NCCNC(=O)c1ccn[nH]1)c1ccc(Cl)cc1Cl. The average Bonchev–Trinajstić information content (AvgIpc) is 3.05. The molecule has 1 atom stereocenters. The molecule has 2 rings (SSSR count). The van der Waals surface area contributed by atoms with E-state index in [0.29, 0.717) is 28.8 Å². The molecule has 7 nitrogen and oxygen atoms in total. The highest BCUT2D eigenvalue weighted by Gasteiger charge is 2.10. The van der Waals surface area contributed by atoms with Crippen LogP contribution in [0.2, 0.25) is 10.0 Å². The smallest absolute Gasteiger partial charge is 0.269 e. The van der Waals surface area contributed by atoms with E-state index in [1.54, 1.807) is 18.2 Å². The Labute approximate surface area is 149 Å². The Morgan fingerprint density at radius 1 is 1.42 bits per heavy atom.